The highest BCUT2D eigenvalue weighted by molar-refractivity contribution is 7.14. The van der Waals surface area contributed by atoms with Crippen LogP contribution in [0.4, 0.5) is 4.39 Å². The van der Waals surface area contributed by atoms with Crippen molar-refractivity contribution in [1.29, 1.82) is 0 Å². The summed E-state index contributed by atoms with van der Waals surface area (Å²) >= 11 is 1.35. The lowest BCUT2D eigenvalue weighted by atomic mass is 9.98. The summed E-state index contributed by atoms with van der Waals surface area (Å²) in [7, 11) is 0. The van der Waals surface area contributed by atoms with E-state index in [9.17, 15) is 14.0 Å². The summed E-state index contributed by atoms with van der Waals surface area (Å²) < 4.78 is 16.0. The van der Waals surface area contributed by atoms with Gasteiger partial charge in [-0.05, 0) is 51.0 Å². The van der Waals surface area contributed by atoms with E-state index in [0.717, 1.165) is 23.5 Å². The molecule has 1 atom stereocenters. The number of piperidine rings is 1. The number of halogens is 1. The smallest absolute Gasteiger partial charge is 0.259 e. The van der Waals surface area contributed by atoms with Gasteiger partial charge in [-0.3, -0.25) is 9.59 Å². The van der Waals surface area contributed by atoms with Crippen molar-refractivity contribution in [2.45, 2.75) is 39.2 Å². The molecule has 0 N–H and O–H groups in total. The number of carbonyl (C=O) groups is 1. The third-order valence-electron chi connectivity index (χ3n) is 6.23. The van der Waals surface area contributed by atoms with E-state index in [4.69, 9.17) is 0 Å². The minimum absolute atomic E-state index is 0.00565. The predicted octanol–water partition coefficient (Wildman–Crippen LogP) is 4.40. The second-order valence-corrected chi connectivity index (χ2v) is 9.51. The maximum Gasteiger partial charge on any atom is 0.259 e. The SMILES string of the molecule is CCn1cc(C(=O)N2CCCC(c3nnc(-c4ccccc4F)s3)C2)c(=O)c2ccc(C)nc21. The Labute approximate surface area is 199 Å². The van der Waals surface area contributed by atoms with Gasteiger partial charge in [-0.1, -0.05) is 23.5 Å². The number of aromatic nitrogens is 4. The summed E-state index contributed by atoms with van der Waals surface area (Å²) in [5, 5.41) is 10.3. The summed E-state index contributed by atoms with van der Waals surface area (Å²) in [6, 6.07) is 10.0. The molecule has 4 heterocycles. The lowest BCUT2D eigenvalue weighted by Gasteiger charge is -2.31. The van der Waals surface area contributed by atoms with Crippen LogP contribution in [0.1, 0.15) is 46.7 Å². The molecule has 0 saturated carbocycles. The van der Waals surface area contributed by atoms with Gasteiger partial charge >= 0.3 is 0 Å². The van der Waals surface area contributed by atoms with E-state index in [1.165, 1.54) is 17.4 Å². The standard InChI is InChI=1S/C25H24FN5O2S/c1-3-30-14-19(21(32)18-11-10-15(2)27-22(18)30)25(33)31-12-6-7-16(13-31)23-28-29-24(34-23)17-8-4-5-9-20(17)26/h4-5,8-11,14,16H,3,6-7,12-13H2,1-2H3. The maximum atomic E-state index is 14.2. The first-order valence-electron chi connectivity index (χ1n) is 11.3. The van der Waals surface area contributed by atoms with E-state index in [0.29, 0.717) is 41.2 Å². The number of nitrogens with zero attached hydrogens (tertiary/aromatic N) is 5. The molecule has 1 aliphatic rings. The highest BCUT2D eigenvalue weighted by atomic mass is 32.1. The van der Waals surface area contributed by atoms with Crippen molar-refractivity contribution in [3.63, 3.8) is 0 Å². The van der Waals surface area contributed by atoms with Gasteiger partial charge in [0.05, 0.1) is 5.39 Å². The minimum atomic E-state index is -0.334. The van der Waals surface area contributed by atoms with Crippen LogP contribution >= 0.6 is 11.3 Å². The van der Waals surface area contributed by atoms with Crippen LogP contribution in [0, 0.1) is 12.7 Å². The van der Waals surface area contributed by atoms with Crippen LogP contribution in [0.3, 0.4) is 0 Å². The molecule has 7 nitrogen and oxygen atoms in total. The second-order valence-electron chi connectivity index (χ2n) is 8.50. The van der Waals surface area contributed by atoms with Crippen molar-refractivity contribution in [3.05, 3.63) is 74.9 Å². The zero-order valence-corrected chi connectivity index (χ0v) is 19.8. The van der Waals surface area contributed by atoms with E-state index in [1.807, 2.05) is 18.4 Å². The first-order valence-corrected chi connectivity index (χ1v) is 12.2. The quantitative estimate of drug-likeness (QED) is 0.435. The number of hydrogen-bond donors (Lipinski definition) is 0. The molecule has 9 heteroatoms. The fourth-order valence-electron chi connectivity index (χ4n) is 4.43. The number of pyridine rings is 2. The maximum absolute atomic E-state index is 14.2. The van der Waals surface area contributed by atoms with Gasteiger partial charge < -0.3 is 9.47 Å². The van der Waals surface area contributed by atoms with Gasteiger partial charge in [-0.2, -0.15) is 0 Å². The van der Waals surface area contributed by atoms with Crippen molar-refractivity contribution in [2.75, 3.05) is 13.1 Å². The molecular weight excluding hydrogens is 453 g/mol. The monoisotopic (exact) mass is 477 g/mol. The van der Waals surface area contributed by atoms with Crippen molar-refractivity contribution in [2.24, 2.45) is 0 Å². The summed E-state index contributed by atoms with van der Waals surface area (Å²) in [6.07, 6.45) is 3.28. The van der Waals surface area contributed by atoms with Crippen LogP contribution in [-0.4, -0.2) is 43.6 Å². The van der Waals surface area contributed by atoms with E-state index >= 15 is 0 Å². The van der Waals surface area contributed by atoms with Gasteiger partial charge in [0.2, 0.25) is 5.43 Å². The highest BCUT2D eigenvalue weighted by Gasteiger charge is 2.30. The largest absolute Gasteiger partial charge is 0.338 e. The zero-order valence-electron chi connectivity index (χ0n) is 19.0. The molecular formula is C25H24FN5O2S. The Morgan fingerprint density at radius 1 is 1.21 bits per heavy atom. The lowest BCUT2D eigenvalue weighted by molar-refractivity contribution is 0.0705. The molecule has 3 aromatic heterocycles. The number of amides is 1. The predicted molar refractivity (Wildman–Crippen MR) is 130 cm³/mol. The third-order valence-corrected chi connectivity index (χ3v) is 7.35. The number of rotatable bonds is 4. The van der Waals surface area contributed by atoms with Crippen molar-refractivity contribution in [3.8, 4) is 10.6 Å². The summed E-state index contributed by atoms with van der Waals surface area (Å²) in [6.45, 7) is 5.45. The Balaban J connectivity index is 1.43. The third kappa shape index (κ3) is 4.00. The molecule has 5 rings (SSSR count). The van der Waals surface area contributed by atoms with Gasteiger partial charge in [-0.25, -0.2) is 9.37 Å². The summed E-state index contributed by atoms with van der Waals surface area (Å²) in [5.74, 6) is -0.619. The van der Waals surface area contributed by atoms with Crippen molar-refractivity contribution >= 4 is 28.3 Å². The average molecular weight is 478 g/mol. The second kappa shape index (κ2) is 9.06. The molecule has 1 unspecified atom stereocenters. The topological polar surface area (TPSA) is 81.0 Å². The normalized spacial score (nSPS) is 16.2. The van der Waals surface area contributed by atoms with Crippen LogP contribution in [0.25, 0.3) is 21.6 Å². The van der Waals surface area contributed by atoms with Gasteiger partial charge in [0.25, 0.3) is 5.91 Å². The Bertz CT molecular complexity index is 1450. The molecule has 0 bridgehead atoms. The molecule has 0 aliphatic carbocycles. The van der Waals surface area contributed by atoms with Gasteiger partial charge in [-0.15, -0.1) is 10.2 Å². The number of likely N-dealkylation sites (tertiary alicyclic amines) is 1. The van der Waals surface area contributed by atoms with Crippen LogP contribution in [0.5, 0.6) is 0 Å². The van der Waals surface area contributed by atoms with Crippen molar-refractivity contribution < 1.29 is 9.18 Å². The van der Waals surface area contributed by atoms with Gasteiger partial charge in [0, 0.05) is 43.0 Å². The number of fused-ring (bicyclic) bond motifs is 1. The number of benzene rings is 1. The van der Waals surface area contributed by atoms with Crippen LogP contribution in [0.15, 0.2) is 47.4 Å². The number of carbonyl (C=O) groups excluding carboxylic acids is 1. The van der Waals surface area contributed by atoms with E-state index in [1.54, 1.807) is 41.4 Å². The van der Waals surface area contributed by atoms with E-state index in [2.05, 4.69) is 15.2 Å². The molecule has 174 valence electrons. The summed E-state index contributed by atoms with van der Waals surface area (Å²) in [5.41, 5.74) is 1.70. The Morgan fingerprint density at radius 2 is 2.03 bits per heavy atom. The van der Waals surface area contributed by atoms with Crippen LogP contribution in [-0.2, 0) is 6.54 Å². The molecule has 0 radical (unpaired) electrons. The lowest BCUT2D eigenvalue weighted by Crippen LogP contribution is -2.41. The molecule has 4 aromatic rings. The molecule has 1 aliphatic heterocycles. The van der Waals surface area contributed by atoms with Crippen LogP contribution < -0.4 is 5.43 Å². The Morgan fingerprint density at radius 3 is 2.82 bits per heavy atom. The molecule has 1 saturated heterocycles. The number of aryl methyl sites for hydroxylation is 2. The van der Waals surface area contributed by atoms with E-state index < -0.39 is 0 Å². The molecule has 0 spiro atoms. The molecule has 34 heavy (non-hydrogen) atoms. The molecule has 1 amide bonds. The average Bonchev–Trinajstić information content (AvgIpc) is 3.34. The number of hydrogen-bond acceptors (Lipinski definition) is 6. The first-order chi connectivity index (χ1) is 16.5. The minimum Gasteiger partial charge on any atom is -0.338 e. The molecule has 1 fully saturated rings. The summed E-state index contributed by atoms with van der Waals surface area (Å²) in [4.78, 5) is 32.9. The van der Waals surface area contributed by atoms with Crippen molar-refractivity contribution in [1.82, 2.24) is 24.6 Å². The van der Waals surface area contributed by atoms with Crippen LogP contribution in [0.2, 0.25) is 0 Å². The fraction of sp³-hybridized carbons (Fsp3) is 0.320. The molecule has 1 aromatic carbocycles. The van der Waals surface area contributed by atoms with Gasteiger partial charge in [0.15, 0.2) is 5.01 Å². The highest BCUT2D eigenvalue weighted by Crippen LogP contribution is 2.33. The zero-order chi connectivity index (χ0) is 23.8. The van der Waals surface area contributed by atoms with E-state index in [-0.39, 0.29) is 28.6 Å². The van der Waals surface area contributed by atoms with Gasteiger partial charge in [0.1, 0.15) is 22.0 Å². The first kappa shape index (κ1) is 22.3. The Hall–Kier alpha value is -3.46. The Kier molecular flexibility index (Phi) is 5.95. The fourth-order valence-corrected chi connectivity index (χ4v) is 5.43.